The van der Waals surface area contributed by atoms with Gasteiger partial charge in [0.2, 0.25) is 0 Å². The Hall–Kier alpha value is -1.75. The normalized spacial score (nSPS) is 16.1. The van der Waals surface area contributed by atoms with E-state index in [1.165, 1.54) is 23.4 Å². The standard InChI is InChI=1S/C19H31N3O2/c1-15-9-11-22(12-10-15)17-7-5-16(6-8-17)13-20-18(23)21(4)14-19(2,3)24/h5-8,15,24H,9-14H2,1-4H3,(H,20,23). The first kappa shape index (κ1) is 18.6. The minimum absolute atomic E-state index is 0.175. The van der Waals surface area contributed by atoms with Crippen molar-refractivity contribution in [1.29, 1.82) is 0 Å². The van der Waals surface area contributed by atoms with E-state index in [9.17, 15) is 9.90 Å². The van der Waals surface area contributed by atoms with E-state index in [2.05, 4.69) is 41.4 Å². The van der Waals surface area contributed by atoms with Gasteiger partial charge in [0.15, 0.2) is 0 Å². The van der Waals surface area contributed by atoms with Crippen molar-refractivity contribution in [2.24, 2.45) is 5.92 Å². The van der Waals surface area contributed by atoms with Crippen LogP contribution in [0.1, 0.15) is 39.2 Å². The third-order valence-electron chi connectivity index (χ3n) is 4.50. The molecule has 1 aromatic carbocycles. The minimum atomic E-state index is -0.889. The molecular weight excluding hydrogens is 302 g/mol. The first-order valence-corrected chi connectivity index (χ1v) is 8.80. The number of carbonyl (C=O) groups is 1. The number of urea groups is 1. The Balaban J connectivity index is 1.82. The Bertz CT molecular complexity index is 529. The van der Waals surface area contributed by atoms with Gasteiger partial charge in [-0.1, -0.05) is 19.1 Å². The highest BCUT2D eigenvalue weighted by molar-refractivity contribution is 5.73. The topological polar surface area (TPSA) is 55.8 Å². The number of amides is 2. The van der Waals surface area contributed by atoms with Crippen LogP contribution in [0.4, 0.5) is 10.5 Å². The largest absolute Gasteiger partial charge is 0.389 e. The van der Waals surface area contributed by atoms with Crippen LogP contribution in [-0.2, 0) is 6.54 Å². The summed E-state index contributed by atoms with van der Waals surface area (Å²) in [4.78, 5) is 16.0. The summed E-state index contributed by atoms with van der Waals surface area (Å²) >= 11 is 0. The number of likely N-dealkylation sites (N-methyl/N-ethyl adjacent to an activating group) is 1. The van der Waals surface area contributed by atoms with Gasteiger partial charge < -0.3 is 20.2 Å². The number of hydrogen-bond donors (Lipinski definition) is 2. The molecule has 0 unspecified atom stereocenters. The molecule has 0 aliphatic carbocycles. The van der Waals surface area contributed by atoms with Crippen LogP contribution < -0.4 is 10.2 Å². The Morgan fingerprint density at radius 2 is 1.88 bits per heavy atom. The summed E-state index contributed by atoms with van der Waals surface area (Å²) in [5.74, 6) is 0.830. The van der Waals surface area contributed by atoms with Gasteiger partial charge in [-0.25, -0.2) is 4.79 Å². The SMILES string of the molecule is CC1CCN(c2ccc(CNC(=O)N(C)CC(C)(C)O)cc2)CC1. The molecule has 1 aliphatic rings. The summed E-state index contributed by atoms with van der Waals surface area (Å²) in [5, 5.41) is 12.7. The monoisotopic (exact) mass is 333 g/mol. The molecular formula is C19H31N3O2. The summed E-state index contributed by atoms with van der Waals surface area (Å²) in [6, 6.07) is 8.25. The molecule has 1 aliphatic heterocycles. The van der Waals surface area contributed by atoms with Gasteiger partial charge in [-0.05, 0) is 50.3 Å². The average Bonchev–Trinajstić information content (AvgIpc) is 2.52. The Morgan fingerprint density at radius 1 is 1.29 bits per heavy atom. The van der Waals surface area contributed by atoms with Crippen molar-refractivity contribution in [3.63, 3.8) is 0 Å². The third-order valence-corrected chi connectivity index (χ3v) is 4.50. The van der Waals surface area contributed by atoms with Crippen molar-refractivity contribution in [1.82, 2.24) is 10.2 Å². The lowest BCUT2D eigenvalue weighted by Crippen LogP contribution is -2.44. The molecule has 1 aromatic rings. The highest BCUT2D eigenvalue weighted by Crippen LogP contribution is 2.23. The predicted molar refractivity (Wildman–Crippen MR) is 98.2 cm³/mol. The zero-order valence-corrected chi connectivity index (χ0v) is 15.4. The zero-order valence-electron chi connectivity index (χ0n) is 15.4. The van der Waals surface area contributed by atoms with Gasteiger partial charge in [-0.2, -0.15) is 0 Å². The maximum absolute atomic E-state index is 12.0. The Morgan fingerprint density at radius 3 is 2.42 bits per heavy atom. The highest BCUT2D eigenvalue weighted by Gasteiger charge is 2.19. The minimum Gasteiger partial charge on any atom is -0.389 e. The second-order valence-electron chi connectivity index (χ2n) is 7.66. The lowest BCUT2D eigenvalue weighted by atomic mass is 9.99. The number of piperidine rings is 1. The molecule has 2 N–H and O–H groups in total. The molecule has 0 radical (unpaired) electrons. The molecule has 0 spiro atoms. The van der Waals surface area contributed by atoms with E-state index in [4.69, 9.17) is 0 Å². The van der Waals surface area contributed by atoms with E-state index in [1.807, 2.05) is 0 Å². The second kappa shape index (κ2) is 7.88. The molecule has 24 heavy (non-hydrogen) atoms. The molecule has 2 rings (SSSR count). The number of anilines is 1. The van der Waals surface area contributed by atoms with Gasteiger partial charge in [-0.3, -0.25) is 0 Å². The maximum atomic E-state index is 12.0. The van der Waals surface area contributed by atoms with E-state index >= 15 is 0 Å². The summed E-state index contributed by atoms with van der Waals surface area (Å²) in [6.45, 7) is 8.74. The van der Waals surface area contributed by atoms with E-state index in [1.54, 1.807) is 20.9 Å². The first-order chi connectivity index (χ1) is 11.2. The van der Waals surface area contributed by atoms with Crippen LogP contribution in [0, 0.1) is 5.92 Å². The van der Waals surface area contributed by atoms with Crippen molar-refractivity contribution in [3.05, 3.63) is 29.8 Å². The van der Waals surface area contributed by atoms with E-state index in [0.717, 1.165) is 24.6 Å². The van der Waals surface area contributed by atoms with Crippen molar-refractivity contribution >= 4 is 11.7 Å². The van der Waals surface area contributed by atoms with Crippen LogP contribution in [-0.4, -0.2) is 48.3 Å². The van der Waals surface area contributed by atoms with Gasteiger partial charge in [-0.15, -0.1) is 0 Å². The smallest absolute Gasteiger partial charge is 0.317 e. The van der Waals surface area contributed by atoms with E-state index in [0.29, 0.717) is 13.1 Å². The third kappa shape index (κ3) is 5.71. The number of hydrogen-bond acceptors (Lipinski definition) is 3. The quantitative estimate of drug-likeness (QED) is 0.871. The predicted octanol–water partition coefficient (Wildman–Crippen LogP) is 2.84. The van der Waals surface area contributed by atoms with Crippen molar-refractivity contribution < 1.29 is 9.90 Å². The number of benzene rings is 1. The van der Waals surface area contributed by atoms with E-state index < -0.39 is 5.60 Å². The van der Waals surface area contributed by atoms with Crippen molar-refractivity contribution in [3.8, 4) is 0 Å². The molecule has 2 amide bonds. The second-order valence-corrected chi connectivity index (χ2v) is 7.66. The Labute approximate surface area is 145 Å². The number of nitrogens with zero attached hydrogens (tertiary/aromatic N) is 2. The van der Waals surface area contributed by atoms with Crippen LogP contribution in [0.2, 0.25) is 0 Å². The van der Waals surface area contributed by atoms with Gasteiger partial charge in [0.05, 0.1) is 12.1 Å². The molecule has 0 atom stereocenters. The number of rotatable bonds is 5. The molecule has 1 fully saturated rings. The molecule has 0 saturated carbocycles. The fourth-order valence-corrected chi connectivity index (χ4v) is 3.06. The van der Waals surface area contributed by atoms with Gasteiger partial charge in [0.1, 0.15) is 0 Å². The maximum Gasteiger partial charge on any atom is 0.317 e. The summed E-state index contributed by atoms with van der Waals surface area (Å²) < 4.78 is 0. The van der Waals surface area contributed by atoms with Crippen LogP contribution in [0.3, 0.4) is 0 Å². The number of carbonyl (C=O) groups excluding carboxylic acids is 1. The molecule has 1 saturated heterocycles. The molecule has 1 heterocycles. The molecule has 0 aromatic heterocycles. The van der Waals surface area contributed by atoms with E-state index in [-0.39, 0.29) is 6.03 Å². The fourth-order valence-electron chi connectivity index (χ4n) is 3.06. The molecule has 0 bridgehead atoms. The Kier molecular flexibility index (Phi) is 6.10. The van der Waals surface area contributed by atoms with Crippen LogP contribution >= 0.6 is 0 Å². The molecule has 134 valence electrons. The first-order valence-electron chi connectivity index (χ1n) is 8.80. The summed E-state index contributed by atoms with van der Waals surface area (Å²) in [7, 11) is 1.69. The van der Waals surface area contributed by atoms with Gasteiger partial charge in [0.25, 0.3) is 0 Å². The number of nitrogens with one attached hydrogen (secondary N) is 1. The molecule has 5 heteroatoms. The van der Waals surface area contributed by atoms with Crippen LogP contribution in [0.5, 0.6) is 0 Å². The average molecular weight is 333 g/mol. The molecule has 5 nitrogen and oxygen atoms in total. The lowest BCUT2D eigenvalue weighted by Gasteiger charge is -2.32. The highest BCUT2D eigenvalue weighted by atomic mass is 16.3. The van der Waals surface area contributed by atoms with Crippen LogP contribution in [0.15, 0.2) is 24.3 Å². The van der Waals surface area contributed by atoms with Crippen LogP contribution in [0.25, 0.3) is 0 Å². The fraction of sp³-hybridized carbons (Fsp3) is 0.632. The van der Waals surface area contributed by atoms with Crippen molar-refractivity contribution in [2.45, 2.75) is 45.8 Å². The summed E-state index contributed by atoms with van der Waals surface area (Å²) in [6.07, 6.45) is 2.51. The van der Waals surface area contributed by atoms with Gasteiger partial charge >= 0.3 is 6.03 Å². The zero-order chi connectivity index (χ0) is 17.7. The van der Waals surface area contributed by atoms with Gasteiger partial charge in [0, 0.05) is 32.4 Å². The summed E-state index contributed by atoms with van der Waals surface area (Å²) in [5.41, 5.74) is 1.45. The number of aliphatic hydroxyl groups is 1. The van der Waals surface area contributed by atoms with Crippen molar-refractivity contribution in [2.75, 3.05) is 31.6 Å². The lowest BCUT2D eigenvalue weighted by molar-refractivity contribution is 0.0531.